The van der Waals surface area contributed by atoms with E-state index in [1.54, 1.807) is 36.4 Å². The fourth-order valence-electron chi connectivity index (χ4n) is 3.53. The maximum Gasteiger partial charge on any atom is 0.264 e. The van der Waals surface area contributed by atoms with Gasteiger partial charge in [-0.3, -0.25) is 9.10 Å². The average Bonchev–Trinajstić information content (AvgIpc) is 2.81. The Balaban J connectivity index is 1.83. The number of aryl methyl sites for hydroxylation is 1. The van der Waals surface area contributed by atoms with Crippen LogP contribution in [-0.4, -0.2) is 27.4 Å². The largest absolute Gasteiger partial charge is 0.354 e. The molecule has 0 radical (unpaired) electrons. The van der Waals surface area contributed by atoms with Crippen molar-refractivity contribution in [3.05, 3.63) is 95.6 Å². The SMILES string of the molecule is Cc1ccc(S(=O)(=O)N(CC(=O)NC[C@@H](C)c2ccccc2)c2ccc(C(C)C)cc2)cc1. The lowest BCUT2D eigenvalue weighted by atomic mass is 10.0. The maximum absolute atomic E-state index is 13.5. The van der Waals surface area contributed by atoms with Crippen molar-refractivity contribution in [3.8, 4) is 0 Å². The lowest BCUT2D eigenvalue weighted by Gasteiger charge is -2.25. The molecule has 0 aliphatic rings. The summed E-state index contributed by atoms with van der Waals surface area (Å²) in [5.41, 5.74) is 3.65. The second-order valence-electron chi connectivity index (χ2n) is 8.69. The Bertz CT molecular complexity index is 1160. The molecule has 1 N–H and O–H groups in total. The van der Waals surface area contributed by atoms with Gasteiger partial charge in [0.15, 0.2) is 0 Å². The first-order valence-electron chi connectivity index (χ1n) is 11.2. The number of anilines is 1. The van der Waals surface area contributed by atoms with Crippen LogP contribution >= 0.6 is 0 Å². The zero-order valence-electron chi connectivity index (χ0n) is 19.7. The minimum atomic E-state index is -3.92. The Morgan fingerprint density at radius 1 is 0.848 bits per heavy atom. The van der Waals surface area contributed by atoms with Gasteiger partial charge in [-0.25, -0.2) is 8.42 Å². The van der Waals surface area contributed by atoms with Gasteiger partial charge in [0.05, 0.1) is 10.6 Å². The smallest absolute Gasteiger partial charge is 0.264 e. The molecule has 3 rings (SSSR count). The van der Waals surface area contributed by atoms with Crippen LogP contribution in [0.3, 0.4) is 0 Å². The van der Waals surface area contributed by atoms with Crippen molar-refractivity contribution in [2.24, 2.45) is 0 Å². The summed E-state index contributed by atoms with van der Waals surface area (Å²) >= 11 is 0. The van der Waals surface area contributed by atoms with Gasteiger partial charge >= 0.3 is 0 Å². The summed E-state index contributed by atoms with van der Waals surface area (Å²) in [6.45, 7) is 8.22. The molecule has 5 nitrogen and oxygen atoms in total. The van der Waals surface area contributed by atoms with E-state index in [-0.39, 0.29) is 23.3 Å². The number of nitrogens with one attached hydrogen (secondary N) is 1. The summed E-state index contributed by atoms with van der Waals surface area (Å²) in [6, 6.07) is 23.9. The molecule has 0 aliphatic heterocycles. The van der Waals surface area contributed by atoms with Gasteiger partial charge in [-0.2, -0.15) is 0 Å². The number of rotatable bonds is 9. The number of hydrogen-bond donors (Lipinski definition) is 1. The predicted molar refractivity (Wildman–Crippen MR) is 134 cm³/mol. The number of hydrogen-bond acceptors (Lipinski definition) is 3. The van der Waals surface area contributed by atoms with Crippen LogP contribution in [0.2, 0.25) is 0 Å². The van der Waals surface area contributed by atoms with Crippen LogP contribution in [0.1, 0.15) is 49.3 Å². The summed E-state index contributed by atoms with van der Waals surface area (Å²) in [5, 5.41) is 2.90. The minimum absolute atomic E-state index is 0.114. The van der Waals surface area contributed by atoms with Gasteiger partial charge < -0.3 is 5.32 Å². The van der Waals surface area contributed by atoms with Crippen LogP contribution in [-0.2, 0) is 14.8 Å². The maximum atomic E-state index is 13.5. The fourth-order valence-corrected chi connectivity index (χ4v) is 4.95. The van der Waals surface area contributed by atoms with Crippen LogP contribution in [0, 0.1) is 6.92 Å². The molecule has 1 amide bonds. The van der Waals surface area contributed by atoms with Crippen LogP contribution in [0.15, 0.2) is 83.8 Å². The Morgan fingerprint density at radius 2 is 1.45 bits per heavy atom. The molecule has 0 heterocycles. The molecule has 0 saturated heterocycles. The lowest BCUT2D eigenvalue weighted by molar-refractivity contribution is -0.119. The molecule has 1 atom stereocenters. The Hall–Kier alpha value is -3.12. The van der Waals surface area contributed by atoms with E-state index in [4.69, 9.17) is 0 Å². The molecule has 0 unspecified atom stereocenters. The highest BCUT2D eigenvalue weighted by atomic mass is 32.2. The van der Waals surface area contributed by atoms with Crippen LogP contribution in [0.5, 0.6) is 0 Å². The second-order valence-corrected chi connectivity index (χ2v) is 10.5. The van der Waals surface area contributed by atoms with E-state index < -0.39 is 10.0 Å². The highest BCUT2D eigenvalue weighted by Crippen LogP contribution is 2.26. The van der Waals surface area contributed by atoms with Crippen molar-refractivity contribution in [2.75, 3.05) is 17.4 Å². The standard InChI is InChI=1S/C27H32N2O3S/c1-20(2)23-12-14-25(15-13-23)29(33(31,32)26-16-10-21(3)11-17-26)19-27(30)28-18-22(4)24-8-6-5-7-9-24/h5-17,20,22H,18-19H2,1-4H3,(H,28,30)/t22-/m1/s1. The van der Waals surface area contributed by atoms with Gasteiger partial charge in [0.2, 0.25) is 5.91 Å². The van der Waals surface area contributed by atoms with Crippen molar-refractivity contribution in [1.82, 2.24) is 5.32 Å². The molecule has 0 bridgehead atoms. The predicted octanol–water partition coefficient (Wildman–Crippen LogP) is 5.23. The minimum Gasteiger partial charge on any atom is -0.354 e. The molecule has 33 heavy (non-hydrogen) atoms. The summed E-state index contributed by atoms with van der Waals surface area (Å²) < 4.78 is 28.2. The van der Waals surface area contributed by atoms with Gasteiger partial charge in [0, 0.05) is 6.54 Å². The molecule has 6 heteroatoms. The number of benzene rings is 3. The number of nitrogens with zero attached hydrogens (tertiary/aromatic N) is 1. The van der Waals surface area contributed by atoms with E-state index >= 15 is 0 Å². The van der Waals surface area contributed by atoms with Gasteiger partial charge in [0.25, 0.3) is 10.0 Å². The number of sulfonamides is 1. The topological polar surface area (TPSA) is 66.5 Å². The molecule has 3 aromatic rings. The Labute approximate surface area is 197 Å². The van der Waals surface area contributed by atoms with Crippen LogP contribution in [0.4, 0.5) is 5.69 Å². The van der Waals surface area contributed by atoms with Gasteiger partial charge in [0.1, 0.15) is 6.54 Å². The molecular formula is C27H32N2O3S. The summed E-state index contributed by atoms with van der Waals surface area (Å²) in [7, 11) is -3.92. The molecule has 174 valence electrons. The Morgan fingerprint density at radius 3 is 2.03 bits per heavy atom. The molecule has 0 spiro atoms. The monoisotopic (exact) mass is 464 g/mol. The molecule has 0 aromatic heterocycles. The van der Waals surface area contributed by atoms with Crippen molar-refractivity contribution >= 4 is 21.6 Å². The van der Waals surface area contributed by atoms with Gasteiger partial charge in [-0.1, -0.05) is 80.9 Å². The summed E-state index contributed by atoms with van der Waals surface area (Å²) in [5.74, 6) is 0.0908. The second kappa shape index (κ2) is 10.7. The highest BCUT2D eigenvalue weighted by Gasteiger charge is 2.27. The quantitative estimate of drug-likeness (QED) is 0.471. The van der Waals surface area contributed by atoms with Crippen LogP contribution in [0.25, 0.3) is 0 Å². The average molecular weight is 465 g/mol. The van der Waals surface area contributed by atoms with E-state index in [1.807, 2.05) is 56.3 Å². The summed E-state index contributed by atoms with van der Waals surface area (Å²) in [6.07, 6.45) is 0. The number of amides is 1. The zero-order chi connectivity index (χ0) is 24.0. The van der Waals surface area contributed by atoms with E-state index in [0.717, 1.165) is 16.7 Å². The first-order chi connectivity index (χ1) is 15.7. The first kappa shape index (κ1) is 24.5. The van der Waals surface area contributed by atoms with Gasteiger partial charge in [-0.05, 0) is 54.2 Å². The van der Waals surface area contributed by atoms with Crippen molar-refractivity contribution in [2.45, 2.75) is 44.4 Å². The van der Waals surface area contributed by atoms with E-state index in [2.05, 4.69) is 19.2 Å². The van der Waals surface area contributed by atoms with E-state index in [0.29, 0.717) is 18.2 Å². The molecule has 3 aromatic carbocycles. The number of carbonyl (C=O) groups is 1. The van der Waals surface area contributed by atoms with Crippen LogP contribution < -0.4 is 9.62 Å². The third-order valence-corrected chi connectivity index (χ3v) is 7.51. The third-order valence-electron chi connectivity index (χ3n) is 5.72. The zero-order valence-corrected chi connectivity index (χ0v) is 20.5. The molecule has 0 fully saturated rings. The van der Waals surface area contributed by atoms with Crippen molar-refractivity contribution in [3.63, 3.8) is 0 Å². The van der Waals surface area contributed by atoms with Crippen molar-refractivity contribution in [1.29, 1.82) is 0 Å². The molecule has 0 saturated carbocycles. The van der Waals surface area contributed by atoms with Crippen molar-refractivity contribution < 1.29 is 13.2 Å². The molecular weight excluding hydrogens is 432 g/mol. The molecule has 0 aliphatic carbocycles. The van der Waals surface area contributed by atoms with E-state index in [1.165, 1.54) is 4.31 Å². The van der Waals surface area contributed by atoms with Gasteiger partial charge in [-0.15, -0.1) is 0 Å². The van der Waals surface area contributed by atoms with E-state index in [9.17, 15) is 13.2 Å². The fraction of sp³-hybridized carbons (Fsp3) is 0.296. The third kappa shape index (κ3) is 6.23. The first-order valence-corrected chi connectivity index (χ1v) is 12.6. The number of carbonyl (C=O) groups excluding carboxylic acids is 1. The Kier molecular flexibility index (Phi) is 7.92. The highest BCUT2D eigenvalue weighted by molar-refractivity contribution is 7.92. The normalized spacial score (nSPS) is 12.4. The summed E-state index contributed by atoms with van der Waals surface area (Å²) in [4.78, 5) is 13.0. The lowest BCUT2D eigenvalue weighted by Crippen LogP contribution is -2.41.